The van der Waals surface area contributed by atoms with Crippen LogP contribution in [0.15, 0.2) is 0 Å². The minimum atomic E-state index is -0.578. The highest BCUT2D eigenvalue weighted by Gasteiger charge is 2.38. The first kappa shape index (κ1) is 11.7. The number of carbonyl (C=O) groups excluding carboxylic acids is 2. The van der Waals surface area contributed by atoms with Crippen molar-refractivity contribution >= 4 is 11.6 Å². The van der Waals surface area contributed by atoms with Crippen molar-refractivity contribution in [1.82, 2.24) is 0 Å². The average molecular weight is 226 g/mol. The number of hydrogen-bond acceptors (Lipinski definition) is 4. The lowest BCUT2D eigenvalue weighted by atomic mass is 9.83. The summed E-state index contributed by atoms with van der Waals surface area (Å²) in [5.74, 6) is -0.879. The summed E-state index contributed by atoms with van der Waals surface area (Å²) in [4.78, 5) is 23.3. The van der Waals surface area contributed by atoms with E-state index in [0.29, 0.717) is 32.3 Å². The number of rotatable bonds is 2. The third-order valence-electron chi connectivity index (χ3n) is 3.19. The number of ketones is 2. The van der Waals surface area contributed by atoms with E-state index in [1.54, 1.807) is 0 Å². The second-order valence-corrected chi connectivity index (χ2v) is 5.03. The summed E-state index contributed by atoms with van der Waals surface area (Å²) in [7, 11) is 0. The van der Waals surface area contributed by atoms with Gasteiger partial charge in [0, 0.05) is 12.8 Å². The van der Waals surface area contributed by atoms with Gasteiger partial charge in [-0.15, -0.1) is 0 Å². The van der Waals surface area contributed by atoms with Gasteiger partial charge in [-0.05, 0) is 26.7 Å². The molecule has 2 fully saturated rings. The van der Waals surface area contributed by atoms with E-state index < -0.39 is 11.7 Å². The Morgan fingerprint density at radius 1 is 1.25 bits per heavy atom. The molecule has 1 saturated heterocycles. The van der Waals surface area contributed by atoms with E-state index in [-0.39, 0.29) is 17.7 Å². The van der Waals surface area contributed by atoms with Crippen LogP contribution in [0.2, 0.25) is 0 Å². The minimum Gasteiger partial charge on any atom is -0.348 e. The van der Waals surface area contributed by atoms with Crippen LogP contribution in [0.5, 0.6) is 0 Å². The summed E-state index contributed by atoms with van der Waals surface area (Å²) >= 11 is 0. The fourth-order valence-electron chi connectivity index (χ4n) is 2.37. The average Bonchev–Trinajstić information content (AvgIpc) is 2.52. The van der Waals surface area contributed by atoms with E-state index >= 15 is 0 Å². The van der Waals surface area contributed by atoms with Gasteiger partial charge < -0.3 is 9.47 Å². The van der Waals surface area contributed by atoms with Gasteiger partial charge in [-0.1, -0.05) is 0 Å². The molecule has 1 heterocycles. The Kier molecular flexibility index (Phi) is 3.13. The van der Waals surface area contributed by atoms with Gasteiger partial charge in [-0.25, -0.2) is 0 Å². The molecule has 2 aliphatic rings. The third kappa shape index (κ3) is 2.50. The van der Waals surface area contributed by atoms with Crippen LogP contribution in [0.4, 0.5) is 0 Å². The molecule has 1 aliphatic carbocycles. The minimum absolute atomic E-state index is 0.0737. The lowest BCUT2D eigenvalue weighted by Crippen LogP contribution is -2.33. The van der Waals surface area contributed by atoms with E-state index in [1.807, 2.05) is 13.8 Å². The van der Waals surface area contributed by atoms with Gasteiger partial charge in [0.15, 0.2) is 5.79 Å². The Morgan fingerprint density at radius 2 is 1.88 bits per heavy atom. The van der Waals surface area contributed by atoms with Gasteiger partial charge in [0.05, 0.1) is 18.6 Å². The first-order valence-electron chi connectivity index (χ1n) is 5.85. The molecule has 1 unspecified atom stereocenters. The Bertz CT molecular complexity index is 292. The summed E-state index contributed by atoms with van der Waals surface area (Å²) < 4.78 is 11.0. The van der Waals surface area contributed by atoms with Crippen LogP contribution in [0.3, 0.4) is 0 Å². The number of ether oxygens (including phenoxy) is 2. The molecular formula is C12H18O4. The molecule has 0 bridgehead atoms. The number of Topliss-reactive ketones (excluding diaryl/α,β-unsaturated/α-hetero) is 2. The third-order valence-corrected chi connectivity index (χ3v) is 3.19. The second kappa shape index (κ2) is 4.26. The van der Waals surface area contributed by atoms with Crippen LogP contribution in [0.25, 0.3) is 0 Å². The molecule has 0 aromatic rings. The van der Waals surface area contributed by atoms with Crippen molar-refractivity contribution in [2.75, 3.05) is 6.61 Å². The maximum absolute atomic E-state index is 11.6. The molecule has 0 radical (unpaired) electrons. The molecule has 0 N–H and O–H groups in total. The fourth-order valence-corrected chi connectivity index (χ4v) is 2.37. The van der Waals surface area contributed by atoms with E-state index in [2.05, 4.69) is 0 Å². The Hall–Kier alpha value is -0.740. The Labute approximate surface area is 95.3 Å². The van der Waals surface area contributed by atoms with Crippen molar-refractivity contribution in [1.29, 1.82) is 0 Å². The van der Waals surface area contributed by atoms with Crippen LogP contribution >= 0.6 is 0 Å². The monoisotopic (exact) mass is 226 g/mol. The molecule has 1 atom stereocenters. The van der Waals surface area contributed by atoms with Crippen LogP contribution < -0.4 is 0 Å². The Balaban J connectivity index is 1.94. The number of hydrogen-bond donors (Lipinski definition) is 0. The molecule has 2 rings (SSSR count). The second-order valence-electron chi connectivity index (χ2n) is 5.03. The molecule has 0 aromatic heterocycles. The Morgan fingerprint density at radius 3 is 2.38 bits per heavy atom. The lowest BCUT2D eigenvalue weighted by molar-refractivity contribution is -0.147. The van der Waals surface area contributed by atoms with Crippen LogP contribution in [-0.2, 0) is 19.1 Å². The van der Waals surface area contributed by atoms with E-state index in [9.17, 15) is 9.59 Å². The summed E-state index contributed by atoms with van der Waals surface area (Å²) in [5.41, 5.74) is 0. The fraction of sp³-hybridized carbons (Fsp3) is 0.833. The molecule has 0 spiro atoms. The highest BCUT2D eigenvalue weighted by molar-refractivity contribution is 6.04. The van der Waals surface area contributed by atoms with E-state index in [4.69, 9.17) is 9.47 Å². The summed E-state index contributed by atoms with van der Waals surface area (Å²) in [5, 5.41) is 0. The van der Waals surface area contributed by atoms with Gasteiger partial charge in [0.1, 0.15) is 11.6 Å². The molecule has 4 heteroatoms. The zero-order valence-corrected chi connectivity index (χ0v) is 9.82. The van der Waals surface area contributed by atoms with E-state index in [1.165, 1.54) is 0 Å². The molecule has 90 valence electrons. The SMILES string of the molecule is CC1(C)OCC(CC2C(=O)CCCC2=O)O1. The predicted octanol–water partition coefficient (Wildman–Crippen LogP) is 1.47. The van der Waals surface area contributed by atoms with Crippen molar-refractivity contribution in [2.24, 2.45) is 5.92 Å². The molecule has 0 amide bonds. The smallest absolute Gasteiger partial charge is 0.163 e. The van der Waals surface area contributed by atoms with Crippen molar-refractivity contribution in [3.05, 3.63) is 0 Å². The normalized spacial score (nSPS) is 31.0. The largest absolute Gasteiger partial charge is 0.348 e. The highest BCUT2D eigenvalue weighted by atomic mass is 16.7. The first-order chi connectivity index (χ1) is 7.48. The molecule has 4 nitrogen and oxygen atoms in total. The quantitative estimate of drug-likeness (QED) is 0.669. The molecule has 1 aliphatic heterocycles. The first-order valence-corrected chi connectivity index (χ1v) is 5.85. The lowest BCUT2D eigenvalue weighted by Gasteiger charge is -2.22. The van der Waals surface area contributed by atoms with Crippen molar-refractivity contribution in [3.8, 4) is 0 Å². The summed E-state index contributed by atoms with van der Waals surface area (Å²) in [6.07, 6.45) is 2.15. The van der Waals surface area contributed by atoms with Crippen molar-refractivity contribution in [3.63, 3.8) is 0 Å². The topological polar surface area (TPSA) is 52.6 Å². The van der Waals surface area contributed by atoms with Gasteiger partial charge in [-0.2, -0.15) is 0 Å². The molecule has 16 heavy (non-hydrogen) atoms. The molecule has 1 saturated carbocycles. The van der Waals surface area contributed by atoms with Gasteiger partial charge >= 0.3 is 0 Å². The maximum atomic E-state index is 11.6. The van der Waals surface area contributed by atoms with Gasteiger partial charge in [0.25, 0.3) is 0 Å². The number of carbonyl (C=O) groups is 2. The highest BCUT2D eigenvalue weighted by Crippen LogP contribution is 2.29. The van der Waals surface area contributed by atoms with Gasteiger partial charge in [0.2, 0.25) is 0 Å². The van der Waals surface area contributed by atoms with Crippen LogP contribution in [0.1, 0.15) is 39.5 Å². The maximum Gasteiger partial charge on any atom is 0.163 e. The predicted molar refractivity (Wildman–Crippen MR) is 56.9 cm³/mol. The van der Waals surface area contributed by atoms with Crippen molar-refractivity contribution < 1.29 is 19.1 Å². The summed E-state index contributed by atoms with van der Waals surface area (Å²) in [6, 6.07) is 0. The van der Waals surface area contributed by atoms with Gasteiger partial charge in [-0.3, -0.25) is 9.59 Å². The summed E-state index contributed by atoms with van der Waals surface area (Å²) in [6.45, 7) is 4.17. The zero-order valence-electron chi connectivity index (χ0n) is 9.82. The molecular weight excluding hydrogens is 208 g/mol. The van der Waals surface area contributed by atoms with E-state index in [0.717, 1.165) is 0 Å². The van der Waals surface area contributed by atoms with Crippen molar-refractivity contribution in [2.45, 2.75) is 51.4 Å². The molecule has 0 aromatic carbocycles. The van der Waals surface area contributed by atoms with Crippen LogP contribution in [-0.4, -0.2) is 30.1 Å². The van der Waals surface area contributed by atoms with Crippen LogP contribution in [0, 0.1) is 5.92 Å². The zero-order chi connectivity index (χ0) is 11.8. The standard InChI is InChI=1S/C12H18O4/c1-12(2)15-7-8(16-12)6-9-10(13)4-3-5-11(9)14/h8-9H,3-7H2,1-2H3.